The topological polar surface area (TPSA) is 81.8 Å². The van der Waals surface area contributed by atoms with Gasteiger partial charge in [-0.25, -0.2) is 14.3 Å². The third-order valence-corrected chi connectivity index (χ3v) is 5.54. The molecule has 1 amide bonds. The first-order valence-electron chi connectivity index (χ1n) is 10.1. The number of aromatic nitrogens is 4. The molecule has 2 aromatic heterocycles. The van der Waals surface area contributed by atoms with Crippen molar-refractivity contribution in [3.63, 3.8) is 0 Å². The number of nitrogens with zero attached hydrogens (tertiary/aromatic N) is 4. The van der Waals surface area contributed by atoms with Gasteiger partial charge in [0.1, 0.15) is 11.7 Å². The second kappa shape index (κ2) is 7.82. The molecule has 1 aliphatic rings. The highest BCUT2D eigenvalue weighted by molar-refractivity contribution is 5.86. The molecular formula is C20H31N5O2. The van der Waals surface area contributed by atoms with Gasteiger partial charge in [-0.05, 0) is 52.4 Å². The average molecular weight is 374 g/mol. The van der Waals surface area contributed by atoms with Crippen molar-refractivity contribution in [2.45, 2.75) is 78.2 Å². The number of nitrogens with one attached hydrogen (secondary N) is 1. The second-order valence-electron chi connectivity index (χ2n) is 8.72. The Kier molecular flexibility index (Phi) is 5.67. The normalized spacial score (nSPS) is 20.7. The summed E-state index contributed by atoms with van der Waals surface area (Å²) in [7, 11) is 0. The van der Waals surface area contributed by atoms with Crippen molar-refractivity contribution in [3.05, 3.63) is 22.9 Å². The van der Waals surface area contributed by atoms with Crippen molar-refractivity contribution in [3.8, 4) is 0 Å². The van der Waals surface area contributed by atoms with Crippen LogP contribution in [0.15, 0.2) is 17.3 Å². The van der Waals surface area contributed by atoms with Gasteiger partial charge in [-0.15, -0.1) is 0 Å². The van der Waals surface area contributed by atoms with E-state index in [2.05, 4.69) is 22.4 Å². The van der Waals surface area contributed by atoms with Crippen LogP contribution in [0.4, 0.5) is 0 Å². The third-order valence-electron chi connectivity index (χ3n) is 5.54. The van der Waals surface area contributed by atoms with Crippen LogP contribution in [0.5, 0.6) is 0 Å². The van der Waals surface area contributed by atoms with Crippen LogP contribution < -0.4 is 11.0 Å². The molecule has 2 aromatic rings. The Morgan fingerprint density at radius 3 is 2.59 bits per heavy atom. The minimum Gasteiger partial charge on any atom is -0.273 e. The van der Waals surface area contributed by atoms with E-state index < -0.39 is 0 Å². The summed E-state index contributed by atoms with van der Waals surface area (Å²) in [6.07, 6.45) is 10.7. The van der Waals surface area contributed by atoms with Gasteiger partial charge in [-0.3, -0.25) is 15.0 Å². The Hall–Kier alpha value is -2.18. The van der Waals surface area contributed by atoms with E-state index in [1.54, 1.807) is 4.68 Å². The molecule has 1 aliphatic carbocycles. The number of hydrogen-bond donors (Lipinski definition) is 1. The van der Waals surface area contributed by atoms with Gasteiger partial charge in [0, 0.05) is 5.92 Å². The van der Waals surface area contributed by atoms with E-state index in [1.807, 2.05) is 20.8 Å². The number of hydrogen-bond acceptors (Lipinski definition) is 4. The Morgan fingerprint density at radius 2 is 1.96 bits per heavy atom. The monoisotopic (exact) mass is 373 g/mol. The van der Waals surface area contributed by atoms with E-state index in [0.717, 1.165) is 31.6 Å². The van der Waals surface area contributed by atoms with Crippen LogP contribution in [0, 0.1) is 11.8 Å². The first kappa shape index (κ1) is 19.6. The Balaban J connectivity index is 1.69. The molecule has 0 unspecified atom stereocenters. The fraction of sp³-hybridized carbons (Fsp3) is 0.700. The molecule has 27 heavy (non-hydrogen) atoms. The summed E-state index contributed by atoms with van der Waals surface area (Å²) in [5.41, 5.74) is 2.72. The Bertz CT molecular complexity index is 853. The first-order chi connectivity index (χ1) is 12.8. The second-order valence-corrected chi connectivity index (χ2v) is 8.72. The molecule has 0 saturated heterocycles. The van der Waals surface area contributed by atoms with Crippen molar-refractivity contribution in [1.82, 2.24) is 19.4 Å². The van der Waals surface area contributed by atoms with E-state index in [9.17, 15) is 9.59 Å². The summed E-state index contributed by atoms with van der Waals surface area (Å²) in [5, 5.41) is 4.71. The van der Waals surface area contributed by atoms with Crippen molar-refractivity contribution in [1.29, 1.82) is 0 Å². The summed E-state index contributed by atoms with van der Waals surface area (Å²) < 4.78 is 2.93. The zero-order valence-electron chi connectivity index (χ0n) is 16.9. The van der Waals surface area contributed by atoms with Gasteiger partial charge in [0.05, 0.1) is 11.7 Å². The maximum atomic E-state index is 12.7. The number of fused-ring (bicyclic) bond motifs is 1. The van der Waals surface area contributed by atoms with E-state index in [0.29, 0.717) is 11.0 Å². The quantitative estimate of drug-likeness (QED) is 0.871. The first-order valence-corrected chi connectivity index (χ1v) is 10.1. The van der Waals surface area contributed by atoms with Crippen molar-refractivity contribution >= 4 is 16.9 Å². The lowest BCUT2D eigenvalue weighted by atomic mass is 9.79. The minimum absolute atomic E-state index is 0.0252. The number of rotatable bonds is 5. The molecule has 7 heteroatoms. The Morgan fingerprint density at radius 1 is 1.26 bits per heavy atom. The van der Waals surface area contributed by atoms with Gasteiger partial charge >= 0.3 is 0 Å². The zero-order chi connectivity index (χ0) is 19.6. The van der Waals surface area contributed by atoms with Crippen LogP contribution in [0.1, 0.15) is 72.6 Å². The maximum absolute atomic E-state index is 12.7. The molecule has 1 N–H and O–H groups in total. The molecular weight excluding hydrogens is 342 g/mol. The molecule has 0 radical (unpaired) electrons. The molecule has 148 valence electrons. The molecule has 0 bridgehead atoms. The van der Waals surface area contributed by atoms with Crippen LogP contribution in [0.25, 0.3) is 11.0 Å². The van der Waals surface area contributed by atoms with Gasteiger partial charge in [0.15, 0.2) is 5.65 Å². The molecule has 3 rings (SSSR count). The molecule has 1 fully saturated rings. The smallest absolute Gasteiger partial charge is 0.273 e. The highest BCUT2D eigenvalue weighted by Crippen LogP contribution is 2.32. The van der Waals surface area contributed by atoms with Crippen LogP contribution in [-0.2, 0) is 10.3 Å². The van der Waals surface area contributed by atoms with E-state index in [4.69, 9.17) is 0 Å². The van der Waals surface area contributed by atoms with Gasteiger partial charge in [0.25, 0.3) is 5.56 Å². The van der Waals surface area contributed by atoms with Crippen molar-refractivity contribution < 1.29 is 4.79 Å². The standard InChI is InChI=1S/C20H31N5O2/c1-5-6-7-14-8-10-15(11-9-14)18(26)23-24-13-21-17-16(19(24)27)12-22-25(17)20(2,3)4/h12-15H,5-11H2,1-4H3,(H,23,26). The number of amides is 1. The lowest BCUT2D eigenvalue weighted by molar-refractivity contribution is -0.122. The predicted molar refractivity (Wildman–Crippen MR) is 106 cm³/mol. The average Bonchev–Trinajstić information content (AvgIpc) is 3.08. The van der Waals surface area contributed by atoms with Gasteiger partial charge in [-0.1, -0.05) is 26.2 Å². The SMILES string of the molecule is CCCCC1CCC(C(=O)Nn2cnc3c(cnn3C(C)(C)C)c2=O)CC1. The molecule has 7 nitrogen and oxygen atoms in total. The largest absolute Gasteiger partial charge is 0.283 e. The molecule has 1 saturated carbocycles. The van der Waals surface area contributed by atoms with Crippen LogP contribution >= 0.6 is 0 Å². The molecule has 0 atom stereocenters. The summed E-state index contributed by atoms with van der Waals surface area (Å²) >= 11 is 0. The number of carbonyl (C=O) groups is 1. The summed E-state index contributed by atoms with van der Waals surface area (Å²) in [4.78, 5) is 29.7. The fourth-order valence-corrected chi connectivity index (χ4v) is 3.90. The van der Waals surface area contributed by atoms with Crippen LogP contribution in [0.2, 0.25) is 0 Å². The lowest BCUT2D eigenvalue weighted by Gasteiger charge is -2.27. The molecule has 0 aromatic carbocycles. The van der Waals surface area contributed by atoms with Crippen molar-refractivity contribution in [2.75, 3.05) is 5.43 Å². The summed E-state index contributed by atoms with van der Waals surface area (Å²) in [5.74, 6) is 0.635. The molecule has 2 heterocycles. The summed E-state index contributed by atoms with van der Waals surface area (Å²) in [6, 6.07) is 0. The van der Waals surface area contributed by atoms with E-state index in [1.165, 1.54) is 36.5 Å². The predicted octanol–water partition coefficient (Wildman–Crippen LogP) is 3.41. The zero-order valence-corrected chi connectivity index (χ0v) is 16.9. The molecule has 0 spiro atoms. The van der Waals surface area contributed by atoms with Crippen LogP contribution in [-0.4, -0.2) is 25.3 Å². The minimum atomic E-state index is -0.291. The van der Waals surface area contributed by atoms with Crippen molar-refractivity contribution in [2.24, 2.45) is 11.8 Å². The Labute approximate surface area is 160 Å². The van der Waals surface area contributed by atoms with Crippen LogP contribution in [0.3, 0.4) is 0 Å². The van der Waals surface area contributed by atoms with Gasteiger partial charge in [-0.2, -0.15) is 5.10 Å². The summed E-state index contributed by atoms with van der Waals surface area (Å²) in [6.45, 7) is 8.23. The lowest BCUT2D eigenvalue weighted by Crippen LogP contribution is -2.38. The molecule has 0 aliphatic heterocycles. The van der Waals surface area contributed by atoms with E-state index in [-0.39, 0.29) is 22.9 Å². The number of carbonyl (C=O) groups excluding carboxylic acids is 1. The maximum Gasteiger partial charge on any atom is 0.283 e. The van der Waals surface area contributed by atoms with E-state index >= 15 is 0 Å². The fourth-order valence-electron chi connectivity index (χ4n) is 3.90. The highest BCUT2D eigenvalue weighted by atomic mass is 16.2. The third kappa shape index (κ3) is 4.22. The van der Waals surface area contributed by atoms with Gasteiger partial charge < -0.3 is 0 Å². The van der Waals surface area contributed by atoms with Gasteiger partial charge in [0.2, 0.25) is 5.91 Å². The highest BCUT2D eigenvalue weighted by Gasteiger charge is 2.27. The number of unbranched alkanes of at least 4 members (excludes halogenated alkanes) is 1.